The molecule has 1 amide bonds. The van der Waals surface area contributed by atoms with Gasteiger partial charge in [-0.05, 0) is 31.2 Å². The highest BCUT2D eigenvalue weighted by Crippen LogP contribution is 2.29. The van der Waals surface area contributed by atoms with Crippen molar-refractivity contribution >= 4 is 57.5 Å². The van der Waals surface area contributed by atoms with Gasteiger partial charge in [-0.2, -0.15) is 0 Å². The molecule has 122 valence electrons. The summed E-state index contributed by atoms with van der Waals surface area (Å²) < 4.78 is 0. The average molecular weight is 378 g/mol. The number of carbonyl (C=O) groups excluding carboxylic acids is 1. The molecule has 0 aliphatic carbocycles. The van der Waals surface area contributed by atoms with Gasteiger partial charge in [0.1, 0.15) is 11.4 Å². The van der Waals surface area contributed by atoms with E-state index in [1.807, 2.05) is 31.2 Å². The van der Waals surface area contributed by atoms with E-state index in [1.165, 1.54) is 18.1 Å². The number of nitrogens with zero attached hydrogens (tertiary/aromatic N) is 2. The van der Waals surface area contributed by atoms with Crippen LogP contribution < -0.4 is 5.32 Å². The van der Waals surface area contributed by atoms with Gasteiger partial charge in [-0.15, -0.1) is 0 Å². The molecule has 0 aliphatic heterocycles. The van der Waals surface area contributed by atoms with E-state index < -0.39 is 0 Å². The zero-order chi connectivity index (χ0) is 17.1. The van der Waals surface area contributed by atoms with Gasteiger partial charge in [-0.25, -0.2) is 9.97 Å². The zero-order valence-corrected chi connectivity index (χ0v) is 15.0. The molecule has 3 aromatic rings. The van der Waals surface area contributed by atoms with E-state index in [0.717, 1.165) is 15.9 Å². The Bertz CT molecular complexity index is 878. The van der Waals surface area contributed by atoms with Crippen molar-refractivity contribution in [3.63, 3.8) is 0 Å². The molecule has 2 aromatic carbocycles. The average Bonchev–Trinajstić information content (AvgIpc) is 2.54. The standard InChI is InChI=1S/C17H13Cl2N3OS/c1-10(16(23)22-13-7-11(18)6-12(19)8-13)24-17-14-4-2-3-5-15(14)20-9-21-17/h2-10H,1H3,(H,22,23)/t10-/m1/s1. The van der Waals surface area contributed by atoms with Crippen LogP contribution in [0.3, 0.4) is 0 Å². The molecule has 0 bridgehead atoms. The van der Waals surface area contributed by atoms with E-state index in [1.54, 1.807) is 18.2 Å². The fourth-order valence-electron chi connectivity index (χ4n) is 2.16. The minimum atomic E-state index is -0.346. The van der Waals surface area contributed by atoms with Crippen LogP contribution in [0.2, 0.25) is 10.0 Å². The second-order valence-electron chi connectivity index (χ2n) is 5.10. The van der Waals surface area contributed by atoms with E-state index >= 15 is 0 Å². The number of fused-ring (bicyclic) bond motifs is 1. The van der Waals surface area contributed by atoms with E-state index in [9.17, 15) is 4.79 Å². The number of para-hydroxylation sites is 1. The summed E-state index contributed by atoms with van der Waals surface area (Å²) in [5.74, 6) is -0.152. The van der Waals surface area contributed by atoms with Crippen molar-refractivity contribution in [2.24, 2.45) is 0 Å². The number of rotatable bonds is 4. The van der Waals surface area contributed by atoms with Crippen molar-refractivity contribution in [3.8, 4) is 0 Å². The summed E-state index contributed by atoms with van der Waals surface area (Å²) in [6, 6.07) is 12.6. The zero-order valence-electron chi connectivity index (χ0n) is 12.7. The van der Waals surface area contributed by atoms with E-state index in [0.29, 0.717) is 15.7 Å². The summed E-state index contributed by atoms with van der Waals surface area (Å²) >= 11 is 13.3. The predicted molar refractivity (Wildman–Crippen MR) is 99.9 cm³/mol. The topological polar surface area (TPSA) is 54.9 Å². The number of halogens is 2. The SMILES string of the molecule is C[C@@H](Sc1ncnc2ccccc12)C(=O)Nc1cc(Cl)cc(Cl)c1. The molecule has 0 radical (unpaired) electrons. The van der Waals surface area contributed by atoms with Gasteiger partial charge in [0.05, 0.1) is 10.8 Å². The molecule has 1 atom stereocenters. The maximum Gasteiger partial charge on any atom is 0.237 e. The van der Waals surface area contributed by atoms with Gasteiger partial charge in [0.2, 0.25) is 5.91 Å². The van der Waals surface area contributed by atoms with Gasteiger partial charge in [0, 0.05) is 21.1 Å². The van der Waals surface area contributed by atoms with Gasteiger partial charge >= 0.3 is 0 Å². The van der Waals surface area contributed by atoms with E-state index in [-0.39, 0.29) is 11.2 Å². The molecular formula is C17H13Cl2N3OS. The Morgan fingerprint density at radius 3 is 2.58 bits per heavy atom. The fraction of sp³-hybridized carbons (Fsp3) is 0.118. The number of hydrogen-bond donors (Lipinski definition) is 1. The van der Waals surface area contributed by atoms with Crippen LogP contribution in [0.5, 0.6) is 0 Å². The van der Waals surface area contributed by atoms with Gasteiger partial charge in [0.15, 0.2) is 0 Å². The normalized spacial score (nSPS) is 12.1. The number of thioether (sulfide) groups is 1. The minimum absolute atomic E-state index is 0.152. The van der Waals surface area contributed by atoms with Crippen LogP contribution >= 0.6 is 35.0 Å². The van der Waals surface area contributed by atoms with Crippen LogP contribution in [0.25, 0.3) is 10.9 Å². The number of hydrogen-bond acceptors (Lipinski definition) is 4. The van der Waals surface area contributed by atoms with Crippen molar-refractivity contribution in [2.75, 3.05) is 5.32 Å². The lowest BCUT2D eigenvalue weighted by molar-refractivity contribution is -0.115. The molecule has 7 heteroatoms. The second kappa shape index (κ2) is 7.38. The predicted octanol–water partition coefficient (Wildman–Crippen LogP) is 5.06. The van der Waals surface area contributed by atoms with Gasteiger partial charge in [0.25, 0.3) is 0 Å². The lowest BCUT2D eigenvalue weighted by atomic mass is 10.2. The molecule has 0 aliphatic rings. The molecule has 24 heavy (non-hydrogen) atoms. The van der Waals surface area contributed by atoms with Crippen molar-refractivity contribution in [1.82, 2.24) is 9.97 Å². The molecule has 0 saturated heterocycles. The van der Waals surface area contributed by atoms with E-state index in [2.05, 4.69) is 15.3 Å². The van der Waals surface area contributed by atoms with Crippen molar-refractivity contribution < 1.29 is 4.79 Å². The number of aromatic nitrogens is 2. The minimum Gasteiger partial charge on any atom is -0.325 e. The first-order valence-corrected chi connectivity index (χ1v) is 8.80. The summed E-state index contributed by atoms with van der Waals surface area (Å²) in [5.41, 5.74) is 1.42. The fourth-order valence-corrected chi connectivity index (χ4v) is 3.60. The molecule has 0 fully saturated rings. The molecule has 1 aromatic heterocycles. The number of anilines is 1. The number of benzene rings is 2. The number of nitrogens with one attached hydrogen (secondary N) is 1. The second-order valence-corrected chi connectivity index (χ2v) is 7.31. The molecule has 0 spiro atoms. The number of amides is 1. The largest absolute Gasteiger partial charge is 0.325 e. The first kappa shape index (κ1) is 17.0. The molecule has 0 unspecified atom stereocenters. The maximum atomic E-state index is 12.4. The van der Waals surface area contributed by atoms with Crippen LogP contribution in [0.4, 0.5) is 5.69 Å². The molecular weight excluding hydrogens is 365 g/mol. The maximum absolute atomic E-state index is 12.4. The van der Waals surface area contributed by atoms with Gasteiger partial charge in [-0.3, -0.25) is 4.79 Å². The van der Waals surface area contributed by atoms with Crippen molar-refractivity contribution in [3.05, 3.63) is 58.8 Å². The molecule has 1 N–H and O–H groups in total. The molecule has 3 rings (SSSR count). The lowest BCUT2D eigenvalue weighted by Gasteiger charge is -2.13. The Kier molecular flexibility index (Phi) is 5.23. The Morgan fingerprint density at radius 1 is 1.12 bits per heavy atom. The van der Waals surface area contributed by atoms with Crippen LogP contribution in [0.1, 0.15) is 6.92 Å². The highest BCUT2D eigenvalue weighted by atomic mass is 35.5. The highest BCUT2D eigenvalue weighted by Gasteiger charge is 2.17. The third kappa shape index (κ3) is 3.98. The van der Waals surface area contributed by atoms with Crippen LogP contribution in [-0.2, 0) is 4.79 Å². The summed E-state index contributed by atoms with van der Waals surface area (Å²) in [6.45, 7) is 1.82. The monoisotopic (exact) mass is 377 g/mol. The van der Waals surface area contributed by atoms with Crippen LogP contribution in [0, 0.1) is 0 Å². The first-order valence-electron chi connectivity index (χ1n) is 7.16. The molecule has 1 heterocycles. The summed E-state index contributed by atoms with van der Waals surface area (Å²) in [6.07, 6.45) is 1.51. The lowest BCUT2D eigenvalue weighted by Crippen LogP contribution is -2.22. The Morgan fingerprint density at radius 2 is 1.83 bits per heavy atom. The summed E-state index contributed by atoms with van der Waals surface area (Å²) in [7, 11) is 0. The smallest absolute Gasteiger partial charge is 0.237 e. The highest BCUT2D eigenvalue weighted by molar-refractivity contribution is 8.00. The molecule has 4 nitrogen and oxygen atoms in total. The Balaban J connectivity index is 1.76. The first-order chi connectivity index (χ1) is 11.5. The van der Waals surface area contributed by atoms with Crippen LogP contribution in [-0.4, -0.2) is 21.1 Å². The van der Waals surface area contributed by atoms with Gasteiger partial charge < -0.3 is 5.32 Å². The molecule has 0 saturated carbocycles. The third-order valence-electron chi connectivity index (χ3n) is 3.29. The Labute approximate surface area is 153 Å². The third-order valence-corrected chi connectivity index (χ3v) is 4.85. The quantitative estimate of drug-likeness (QED) is 0.510. The number of carbonyl (C=O) groups is 1. The van der Waals surface area contributed by atoms with Crippen molar-refractivity contribution in [1.29, 1.82) is 0 Å². The van der Waals surface area contributed by atoms with Crippen LogP contribution in [0.15, 0.2) is 53.8 Å². The van der Waals surface area contributed by atoms with E-state index in [4.69, 9.17) is 23.2 Å². The van der Waals surface area contributed by atoms with Gasteiger partial charge in [-0.1, -0.05) is 53.2 Å². The summed E-state index contributed by atoms with van der Waals surface area (Å²) in [4.78, 5) is 20.9. The summed E-state index contributed by atoms with van der Waals surface area (Å²) in [5, 5.41) is 5.11. The Hall–Kier alpha value is -1.82. The van der Waals surface area contributed by atoms with Crippen molar-refractivity contribution in [2.45, 2.75) is 17.2 Å².